The third-order valence-corrected chi connectivity index (χ3v) is 6.13. The van der Waals surface area contributed by atoms with Crippen LogP contribution < -0.4 is 4.74 Å². The predicted molar refractivity (Wildman–Crippen MR) is 125 cm³/mol. The van der Waals surface area contributed by atoms with Crippen molar-refractivity contribution >= 4 is 11.5 Å². The maximum Gasteiger partial charge on any atom is 0.339 e. The molecule has 0 fully saturated rings. The van der Waals surface area contributed by atoms with Crippen molar-refractivity contribution < 1.29 is 19.4 Å². The number of nitrogens with zero attached hydrogens (tertiary/aromatic N) is 2. The molecule has 2 aromatic rings. The lowest BCUT2D eigenvalue weighted by molar-refractivity contribution is -0.161. The molecule has 1 aliphatic heterocycles. The molecule has 4 rings (SSSR count). The Hall–Kier alpha value is -2.60. The van der Waals surface area contributed by atoms with Crippen LogP contribution in [0.4, 0.5) is 0 Å². The molecule has 0 bridgehead atoms. The monoisotopic (exact) mass is 438 g/mol. The number of fused-ring (bicyclic) bond motifs is 1. The lowest BCUT2D eigenvalue weighted by atomic mass is 9.86. The number of aromatic nitrogens is 2. The summed E-state index contributed by atoms with van der Waals surface area (Å²) in [4.78, 5) is 12.4. The summed E-state index contributed by atoms with van der Waals surface area (Å²) in [6.45, 7) is 8.59. The topological polar surface area (TPSA) is 73.6 Å². The van der Waals surface area contributed by atoms with Crippen molar-refractivity contribution in [3.63, 3.8) is 0 Å². The molecule has 2 heterocycles. The molecule has 32 heavy (non-hydrogen) atoms. The van der Waals surface area contributed by atoms with E-state index >= 15 is 0 Å². The van der Waals surface area contributed by atoms with Gasteiger partial charge in [-0.15, -0.1) is 0 Å². The lowest BCUT2D eigenvalue weighted by Gasteiger charge is -2.26. The summed E-state index contributed by atoms with van der Waals surface area (Å²) in [5.41, 5.74) is 5.01. The Balaban J connectivity index is 1.93. The number of carboxylic acids is 1. The molecule has 2 unspecified atom stereocenters. The van der Waals surface area contributed by atoms with Gasteiger partial charge in [0.1, 0.15) is 5.75 Å². The van der Waals surface area contributed by atoms with Gasteiger partial charge in [0.25, 0.3) is 0 Å². The zero-order valence-electron chi connectivity index (χ0n) is 19.8. The van der Waals surface area contributed by atoms with Crippen LogP contribution in [0.25, 0.3) is 16.7 Å². The molecule has 0 amide bonds. The summed E-state index contributed by atoms with van der Waals surface area (Å²) in [5, 5.41) is 15.0. The van der Waals surface area contributed by atoms with E-state index in [1.54, 1.807) is 4.68 Å². The molecule has 0 saturated carbocycles. The van der Waals surface area contributed by atoms with Crippen molar-refractivity contribution in [2.24, 2.45) is 13.0 Å². The summed E-state index contributed by atoms with van der Waals surface area (Å²) >= 11 is 0. The number of rotatable bonds is 5. The van der Waals surface area contributed by atoms with Gasteiger partial charge in [-0.2, -0.15) is 5.10 Å². The van der Waals surface area contributed by atoms with Gasteiger partial charge in [0.2, 0.25) is 0 Å². The Bertz CT molecular complexity index is 1040. The van der Waals surface area contributed by atoms with Crippen molar-refractivity contribution in [2.75, 3.05) is 6.61 Å². The standard InChI is InChI=1S/C26H34N2O4/c1-16-8-6-9-19(14-16)22-21(18-11-12-20-17(15-18)10-7-13-31-20)23(28(5)27-22)24(25(29)30)32-26(2,3)4/h11-12,14-16,24H,6-10,13H2,1-5H3,(H,29,30). The summed E-state index contributed by atoms with van der Waals surface area (Å²) < 4.78 is 13.6. The lowest BCUT2D eigenvalue weighted by Crippen LogP contribution is -2.29. The number of allylic oxidation sites excluding steroid dienone is 2. The minimum Gasteiger partial charge on any atom is -0.493 e. The van der Waals surface area contributed by atoms with Gasteiger partial charge in [-0.3, -0.25) is 4.68 Å². The van der Waals surface area contributed by atoms with Gasteiger partial charge in [0.15, 0.2) is 6.10 Å². The molecule has 0 radical (unpaired) electrons. The maximum atomic E-state index is 12.4. The molecule has 172 valence electrons. The first-order valence-electron chi connectivity index (χ1n) is 11.6. The first-order valence-corrected chi connectivity index (χ1v) is 11.6. The van der Waals surface area contributed by atoms with Crippen LogP contribution in [-0.4, -0.2) is 33.1 Å². The molecule has 1 aliphatic carbocycles. The highest BCUT2D eigenvalue weighted by atomic mass is 16.5. The maximum absolute atomic E-state index is 12.4. The van der Waals surface area contributed by atoms with Gasteiger partial charge in [0, 0.05) is 12.6 Å². The average molecular weight is 439 g/mol. The van der Waals surface area contributed by atoms with Gasteiger partial charge in [-0.25, -0.2) is 4.79 Å². The highest BCUT2D eigenvalue weighted by molar-refractivity contribution is 5.86. The number of aliphatic carboxylic acids is 1. The van der Waals surface area contributed by atoms with Crippen molar-refractivity contribution in [1.29, 1.82) is 0 Å². The molecule has 2 atom stereocenters. The largest absolute Gasteiger partial charge is 0.493 e. The van der Waals surface area contributed by atoms with Crippen LogP contribution in [0, 0.1) is 5.92 Å². The molecule has 0 saturated heterocycles. The van der Waals surface area contributed by atoms with Crippen LogP contribution in [0.1, 0.15) is 76.4 Å². The Kier molecular flexibility index (Phi) is 6.17. The van der Waals surface area contributed by atoms with Crippen molar-refractivity contribution in [3.8, 4) is 16.9 Å². The Labute approximate surface area is 190 Å². The molecule has 6 nitrogen and oxygen atoms in total. The Morgan fingerprint density at radius 3 is 2.75 bits per heavy atom. The van der Waals surface area contributed by atoms with E-state index in [4.69, 9.17) is 14.6 Å². The number of aryl methyl sites for hydroxylation is 2. The van der Waals surface area contributed by atoms with Crippen molar-refractivity contribution in [1.82, 2.24) is 9.78 Å². The minimum atomic E-state index is -1.12. The number of carboxylic acid groups (broad SMARTS) is 1. The Morgan fingerprint density at radius 1 is 1.28 bits per heavy atom. The fraction of sp³-hybridized carbons (Fsp3) is 0.538. The third kappa shape index (κ3) is 4.60. The van der Waals surface area contributed by atoms with Gasteiger partial charge in [-0.1, -0.05) is 19.1 Å². The first kappa shape index (κ1) is 22.6. The Morgan fingerprint density at radius 2 is 2.06 bits per heavy atom. The first-order chi connectivity index (χ1) is 15.1. The molecule has 1 aromatic heterocycles. The van der Waals surface area contributed by atoms with E-state index in [1.807, 2.05) is 40.0 Å². The summed E-state index contributed by atoms with van der Waals surface area (Å²) in [7, 11) is 1.82. The molecular weight excluding hydrogens is 404 g/mol. The van der Waals surface area contributed by atoms with Crippen LogP contribution in [0.15, 0.2) is 24.3 Å². The van der Waals surface area contributed by atoms with E-state index < -0.39 is 17.7 Å². The fourth-order valence-electron chi connectivity index (χ4n) is 4.76. The van der Waals surface area contributed by atoms with Crippen LogP contribution in [0.2, 0.25) is 0 Å². The van der Waals surface area contributed by atoms with Gasteiger partial charge < -0.3 is 14.6 Å². The van der Waals surface area contributed by atoms with E-state index in [1.165, 1.54) is 12.0 Å². The zero-order chi connectivity index (χ0) is 23.0. The van der Waals surface area contributed by atoms with Gasteiger partial charge in [-0.05, 0) is 87.6 Å². The fourth-order valence-corrected chi connectivity index (χ4v) is 4.76. The van der Waals surface area contributed by atoms with Crippen LogP contribution in [0.3, 0.4) is 0 Å². The van der Waals surface area contributed by atoms with E-state index in [0.29, 0.717) is 11.6 Å². The number of hydrogen-bond donors (Lipinski definition) is 1. The number of hydrogen-bond acceptors (Lipinski definition) is 4. The summed E-state index contributed by atoms with van der Waals surface area (Å²) in [6.07, 6.45) is 6.33. The van der Waals surface area contributed by atoms with E-state index in [9.17, 15) is 9.90 Å². The molecule has 1 N–H and O–H groups in total. The van der Waals surface area contributed by atoms with Crippen LogP contribution in [0.5, 0.6) is 5.75 Å². The second-order valence-electron chi connectivity index (χ2n) is 10.0. The van der Waals surface area contributed by atoms with Crippen LogP contribution in [-0.2, 0) is 23.0 Å². The smallest absolute Gasteiger partial charge is 0.339 e. The van der Waals surface area contributed by atoms with E-state index in [-0.39, 0.29) is 0 Å². The molecular formula is C26H34N2O4. The molecule has 0 spiro atoms. The number of ether oxygens (including phenoxy) is 2. The summed E-state index contributed by atoms with van der Waals surface area (Å²) in [5.74, 6) is 0.385. The van der Waals surface area contributed by atoms with Crippen molar-refractivity contribution in [3.05, 3.63) is 41.2 Å². The number of benzene rings is 1. The average Bonchev–Trinajstić information content (AvgIpc) is 3.07. The normalized spacial score (nSPS) is 19.7. The van der Waals surface area contributed by atoms with Crippen molar-refractivity contribution in [2.45, 2.75) is 71.5 Å². The highest BCUT2D eigenvalue weighted by Gasteiger charge is 2.35. The molecule has 6 heteroatoms. The number of carbonyl (C=O) groups is 1. The quantitative estimate of drug-likeness (QED) is 0.662. The second kappa shape index (κ2) is 8.74. The highest BCUT2D eigenvalue weighted by Crippen LogP contribution is 2.42. The van der Waals surface area contributed by atoms with Gasteiger partial charge >= 0.3 is 5.97 Å². The predicted octanol–water partition coefficient (Wildman–Crippen LogP) is 5.56. The summed E-state index contributed by atoms with van der Waals surface area (Å²) in [6, 6.07) is 6.17. The third-order valence-electron chi connectivity index (χ3n) is 6.13. The zero-order valence-corrected chi connectivity index (χ0v) is 19.8. The minimum absolute atomic E-state index is 0.482. The molecule has 1 aromatic carbocycles. The van der Waals surface area contributed by atoms with E-state index in [2.05, 4.69) is 19.1 Å². The second-order valence-corrected chi connectivity index (χ2v) is 10.0. The molecule has 2 aliphatic rings. The SMILES string of the molecule is CC1C=C(c2nn(C)c(C(OC(C)(C)C)C(=O)O)c2-c2ccc3c(c2)CCCO3)CCC1. The van der Waals surface area contributed by atoms with Gasteiger partial charge in [0.05, 0.1) is 23.6 Å². The van der Waals surface area contributed by atoms with E-state index in [0.717, 1.165) is 60.4 Å². The van der Waals surface area contributed by atoms with Crippen LogP contribution >= 0.6 is 0 Å².